The van der Waals surface area contributed by atoms with E-state index in [1.54, 1.807) is 34.0 Å². The molecule has 14 heteroatoms. The van der Waals surface area contributed by atoms with Gasteiger partial charge in [0, 0.05) is 30.3 Å². The molecular formula is C21H22ClN5O5S3. The molecule has 186 valence electrons. The van der Waals surface area contributed by atoms with Crippen LogP contribution in [-0.4, -0.2) is 61.3 Å². The van der Waals surface area contributed by atoms with Gasteiger partial charge in [0.2, 0.25) is 25.0 Å². The standard InChI is InChI=1S/C21H22ClN5O5S3/c1-34(29,30)21-23-12-16(22)18(25-21)19(28)26-20-24-17(13-33-20)14-6-8-15(9-7-14)35(31,32)27-10-4-2-3-5-11-27/h6-9,12-13H,2-5,10-11H2,1H3,(H,24,26,28). The van der Waals surface area contributed by atoms with Crippen molar-refractivity contribution in [2.75, 3.05) is 24.7 Å². The Kier molecular flexibility index (Phi) is 7.52. The molecule has 1 aliphatic rings. The van der Waals surface area contributed by atoms with Crippen molar-refractivity contribution in [2.45, 2.75) is 35.7 Å². The summed E-state index contributed by atoms with van der Waals surface area (Å²) in [7, 11) is -7.28. The van der Waals surface area contributed by atoms with Crippen LogP contribution >= 0.6 is 22.9 Å². The second kappa shape index (κ2) is 10.3. The number of rotatable bonds is 6. The molecule has 1 aromatic carbocycles. The first-order chi connectivity index (χ1) is 16.6. The van der Waals surface area contributed by atoms with Gasteiger partial charge < -0.3 is 0 Å². The number of halogens is 1. The molecule has 3 aromatic rings. The van der Waals surface area contributed by atoms with E-state index in [9.17, 15) is 21.6 Å². The number of sulfonamides is 1. The lowest BCUT2D eigenvalue weighted by atomic mass is 10.2. The number of thiazole rings is 1. The van der Waals surface area contributed by atoms with Gasteiger partial charge in [0.25, 0.3) is 5.91 Å². The number of amides is 1. The summed E-state index contributed by atoms with van der Waals surface area (Å²) in [4.78, 5) is 24.6. The van der Waals surface area contributed by atoms with E-state index in [0.717, 1.165) is 49.5 Å². The largest absolute Gasteiger partial charge is 0.296 e. The van der Waals surface area contributed by atoms with Crippen molar-refractivity contribution < 1.29 is 21.6 Å². The number of sulfone groups is 1. The van der Waals surface area contributed by atoms with E-state index in [4.69, 9.17) is 11.6 Å². The summed E-state index contributed by atoms with van der Waals surface area (Å²) in [6.07, 6.45) is 5.77. The van der Waals surface area contributed by atoms with Gasteiger partial charge in [0.15, 0.2) is 10.8 Å². The minimum absolute atomic E-state index is 0.104. The Balaban J connectivity index is 1.50. The minimum Gasteiger partial charge on any atom is -0.296 e. The Labute approximate surface area is 212 Å². The minimum atomic E-state index is -3.72. The molecule has 0 bridgehead atoms. The van der Waals surface area contributed by atoms with Gasteiger partial charge in [0.1, 0.15) is 0 Å². The van der Waals surface area contributed by atoms with Gasteiger partial charge in [-0.1, -0.05) is 36.6 Å². The third-order valence-electron chi connectivity index (χ3n) is 5.35. The first-order valence-electron chi connectivity index (χ1n) is 10.7. The van der Waals surface area contributed by atoms with E-state index in [1.807, 2.05) is 0 Å². The fourth-order valence-electron chi connectivity index (χ4n) is 3.54. The fraction of sp³-hybridized carbons (Fsp3) is 0.333. The molecule has 0 spiro atoms. The number of carbonyl (C=O) groups excluding carboxylic acids is 1. The molecule has 10 nitrogen and oxygen atoms in total. The van der Waals surface area contributed by atoms with E-state index >= 15 is 0 Å². The average Bonchev–Trinajstić information content (AvgIpc) is 3.09. The summed E-state index contributed by atoms with van der Waals surface area (Å²) in [5, 5.41) is 3.88. The second-order valence-electron chi connectivity index (χ2n) is 7.96. The van der Waals surface area contributed by atoms with Crippen LogP contribution in [0.1, 0.15) is 36.2 Å². The third kappa shape index (κ3) is 5.86. The van der Waals surface area contributed by atoms with Crippen LogP contribution in [0.3, 0.4) is 0 Å². The number of aromatic nitrogens is 3. The number of hydrogen-bond acceptors (Lipinski definition) is 9. The van der Waals surface area contributed by atoms with Crippen LogP contribution in [-0.2, 0) is 19.9 Å². The Morgan fingerprint density at radius 1 is 1.03 bits per heavy atom. The van der Waals surface area contributed by atoms with Gasteiger partial charge in [-0.2, -0.15) is 4.31 Å². The first kappa shape index (κ1) is 25.6. The van der Waals surface area contributed by atoms with Crippen molar-refractivity contribution in [3.05, 3.63) is 46.6 Å². The number of nitrogens with one attached hydrogen (secondary N) is 1. The van der Waals surface area contributed by atoms with Crippen LogP contribution < -0.4 is 5.32 Å². The zero-order chi connectivity index (χ0) is 25.2. The predicted octanol–water partition coefficient (Wildman–Crippen LogP) is 3.47. The first-order valence-corrected chi connectivity index (χ1v) is 15.2. The summed E-state index contributed by atoms with van der Waals surface area (Å²) in [6, 6.07) is 6.46. The second-order valence-corrected chi connectivity index (χ2v) is 13.1. The number of hydrogen-bond donors (Lipinski definition) is 1. The molecule has 1 fully saturated rings. The molecule has 1 N–H and O–H groups in total. The van der Waals surface area contributed by atoms with Gasteiger partial charge in [-0.05, 0) is 25.0 Å². The molecule has 2 aromatic heterocycles. The van der Waals surface area contributed by atoms with Crippen LogP contribution in [0.2, 0.25) is 5.02 Å². The van der Waals surface area contributed by atoms with Crippen LogP contribution in [0.25, 0.3) is 11.3 Å². The number of nitrogens with zero attached hydrogens (tertiary/aromatic N) is 4. The van der Waals surface area contributed by atoms with Crippen LogP contribution in [0.4, 0.5) is 5.13 Å². The molecule has 1 amide bonds. The quantitative estimate of drug-likeness (QED) is 0.456. The van der Waals surface area contributed by atoms with Crippen molar-refractivity contribution in [3.63, 3.8) is 0 Å². The lowest BCUT2D eigenvalue weighted by Crippen LogP contribution is -2.31. The average molecular weight is 556 g/mol. The van der Waals surface area contributed by atoms with E-state index in [0.29, 0.717) is 24.3 Å². The van der Waals surface area contributed by atoms with Gasteiger partial charge in [-0.25, -0.2) is 31.8 Å². The molecule has 0 saturated carbocycles. The maximum Gasteiger partial charge on any atom is 0.277 e. The van der Waals surface area contributed by atoms with E-state index < -0.39 is 30.9 Å². The Bertz CT molecular complexity index is 1450. The lowest BCUT2D eigenvalue weighted by molar-refractivity contribution is 0.102. The van der Waals surface area contributed by atoms with Crippen molar-refractivity contribution in [1.29, 1.82) is 0 Å². The van der Waals surface area contributed by atoms with E-state index in [-0.39, 0.29) is 20.7 Å². The maximum atomic E-state index is 13.0. The SMILES string of the molecule is CS(=O)(=O)c1ncc(Cl)c(C(=O)Nc2nc(-c3ccc(S(=O)(=O)N4CCCCCC4)cc3)cs2)n1. The molecule has 0 unspecified atom stereocenters. The summed E-state index contributed by atoms with van der Waals surface area (Å²) < 4.78 is 50.8. The molecule has 3 heterocycles. The van der Waals surface area contributed by atoms with E-state index in [2.05, 4.69) is 20.3 Å². The molecule has 4 rings (SSSR count). The molecular weight excluding hydrogens is 534 g/mol. The zero-order valence-corrected chi connectivity index (χ0v) is 21.8. The molecule has 1 saturated heterocycles. The highest BCUT2D eigenvalue weighted by Gasteiger charge is 2.25. The van der Waals surface area contributed by atoms with Gasteiger partial charge in [-0.3, -0.25) is 10.1 Å². The predicted molar refractivity (Wildman–Crippen MR) is 133 cm³/mol. The van der Waals surface area contributed by atoms with Crippen LogP contribution in [0.5, 0.6) is 0 Å². The number of benzene rings is 1. The van der Waals surface area contributed by atoms with Gasteiger partial charge in [-0.15, -0.1) is 11.3 Å². The molecule has 1 aliphatic heterocycles. The molecule has 35 heavy (non-hydrogen) atoms. The van der Waals surface area contributed by atoms with Crippen molar-refractivity contribution in [2.24, 2.45) is 0 Å². The summed E-state index contributed by atoms with van der Waals surface area (Å²) in [5.74, 6) is -0.734. The highest BCUT2D eigenvalue weighted by Crippen LogP contribution is 2.28. The molecule has 0 aliphatic carbocycles. The summed E-state index contributed by atoms with van der Waals surface area (Å²) in [6.45, 7) is 1.06. The number of carbonyl (C=O) groups is 1. The summed E-state index contributed by atoms with van der Waals surface area (Å²) in [5.41, 5.74) is 0.924. The highest BCUT2D eigenvalue weighted by atomic mass is 35.5. The Hall–Kier alpha value is -2.45. The van der Waals surface area contributed by atoms with Gasteiger partial charge in [0.05, 0.1) is 21.8 Å². The van der Waals surface area contributed by atoms with Crippen molar-refractivity contribution in [1.82, 2.24) is 19.3 Å². The fourth-order valence-corrected chi connectivity index (χ4v) is 6.45. The zero-order valence-electron chi connectivity index (χ0n) is 18.6. The van der Waals surface area contributed by atoms with Gasteiger partial charge >= 0.3 is 0 Å². The normalized spacial score (nSPS) is 15.5. The Morgan fingerprint density at radius 2 is 1.69 bits per heavy atom. The molecule has 0 radical (unpaired) electrons. The molecule has 0 atom stereocenters. The lowest BCUT2D eigenvalue weighted by Gasteiger charge is -2.19. The monoisotopic (exact) mass is 555 g/mol. The smallest absolute Gasteiger partial charge is 0.277 e. The Morgan fingerprint density at radius 3 is 2.31 bits per heavy atom. The number of anilines is 1. The highest BCUT2D eigenvalue weighted by molar-refractivity contribution is 7.90. The van der Waals surface area contributed by atoms with Crippen LogP contribution in [0.15, 0.2) is 45.9 Å². The summed E-state index contributed by atoms with van der Waals surface area (Å²) >= 11 is 7.12. The van der Waals surface area contributed by atoms with Crippen molar-refractivity contribution in [3.8, 4) is 11.3 Å². The van der Waals surface area contributed by atoms with Crippen molar-refractivity contribution >= 4 is 53.8 Å². The topological polar surface area (TPSA) is 139 Å². The van der Waals surface area contributed by atoms with E-state index in [1.165, 1.54) is 0 Å². The third-order valence-corrected chi connectivity index (χ3v) is 9.15. The maximum absolute atomic E-state index is 13.0. The van der Waals surface area contributed by atoms with Crippen LogP contribution in [0, 0.1) is 0 Å².